The fourth-order valence-corrected chi connectivity index (χ4v) is 2.99. The lowest BCUT2D eigenvalue weighted by Crippen LogP contribution is -2.27. The Balaban J connectivity index is 1.58. The van der Waals surface area contributed by atoms with E-state index in [-0.39, 0.29) is 5.91 Å². The minimum atomic E-state index is -0.217. The van der Waals surface area contributed by atoms with Gasteiger partial charge in [-0.25, -0.2) is 9.97 Å². The molecule has 144 valence electrons. The second-order valence-electron chi connectivity index (χ2n) is 6.66. The van der Waals surface area contributed by atoms with Crippen molar-refractivity contribution in [1.82, 2.24) is 15.3 Å². The number of amides is 1. The van der Waals surface area contributed by atoms with E-state index in [2.05, 4.69) is 51.8 Å². The standard InChI is InChI=1S/C22H23ClN4O/c1-15-6-8-18(9-7-15)14-25-21-13-20(26-16(2)27-21)22(28)24-11-10-17-4-3-5-19(23)12-17/h3-9,12-13H,10-11,14H2,1-2H3,(H,24,28)(H,25,26,27). The number of nitrogens with one attached hydrogen (secondary N) is 2. The quantitative estimate of drug-likeness (QED) is 0.625. The number of hydrogen-bond donors (Lipinski definition) is 2. The summed E-state index contributed by atoms with van der Waals surface area (Å²) < 4.78 is 0. The highest BCUT2D eigenvalue weighted by molar-refractivity contribution is 6.30. The number of anilines is 1. The molecule has 0 radical (unpaired) electrons. The van der Waals surface area contributed by atoms with Crippen molar-refractivity contribution >= 4 is 23.3 Å². The van der Waals surface area contributed by atoms with Crippen molar-refractivity contribution in [3.8, 4) is 0 Å². The van der Waals surface area contributed by atoms with Gasteiger partial charge in [-0.1, -0.05) is 53.6 Å². The molecule has 2 N–H and O–H groups in total. The summed E-state index contributed by atoms with van der Waals surface area (Å²) in [5.41, 5.74) is 3.80. The molecular formula is C22H23ClN4O. The largest absolute Gasteiger partial charge is 0.366 e. The van der Waals surface area contributed by atoms with Crippen molar-refractivity contribution in [1.29, 1.82) is 0 Å². The summed E-state index contributed by atoms with van der Waals surface area (Å²) in [6.45, 7) is 4.98. The summed E-state index contributed by atoms with van der Waals surface area (Å²) in [5, 5.41) is 6.85. The van der Waals surface area contributed by atoms with E-state index >= 15 is 0 Å². The molecule has 28 heavy (non-hydrogen) atoms. The van der Waals surface area contributed by atoms with Crippen LogP contribution in [0.5, 0.6) is 0 Å². The Bertz CT molecular complexity index is 957. The molecule has 0 saturated heterocycles. The molecule has 0 aliphatic rings. The van der Waals surface area contributed by atoms with Crippen molar-refractivity contribution in [2.45, 2.75) is 26.8 Å². The van der Waals surface area contributed by atoms with Gasteiger partial charge in [0.05, 0.1) is 0 Å². The van der Waals surface area contributed by atoms with Crippen LogP contribution in [-0.4, -0.2) is 22.4 Å². The Morgan fingerprint density at radius 2 is 1.79 bits per heavy atom. The molecule has 0 bridgehead atoms. The first-order chi connectivity index (χ1) is 13.5. The third-order valence-electron chi connectivity index (χ3n) is 4.25. The van der Waals surface area contributed by atoms with Gasteiger partial charge in [0.2, 0.25) is 0 Å². The van der Waals surface area contributed by atoms with Crippen molar-refractivity contribution in [3.63, 3.8) is 0 Å². The number of aryl methyl sites for hydroxylation is 2. The molecule has 0 aliphatic heterocycles. The van der Waals surface area contributed by atoms with Gasteiger partial charge in [0.15, 0.2) is 0 Å². The molecule has 2 aromatic carbocycles. The molecule has 0 unspecified atom stereocenters. The summed E-state index contributed by atoms with van der Waals surface area (Å²) in [5.74, 6) is 0.966. The Morgan fingerprint density at radius 3 is 2.54 bits per heavy atom. The lowest BCUT2D eigenvalue weighted by molar-refractivity contribution is 0.0949. The predicted octanol–water partition coefficient (Wildman–Crippen LogP) is 4.33. The zero-order valence-electron chi connectivity index (χ0n) is 16.0. The van der Waals surface area contributed by atoms with Gasteiger partial charge in [-0.05, 0) is 43.5 Å². The van der Waals surface area contributed by atoms with Crippen LogP contribution in [-0.2, 0) is 13.0 Å². The van der Waals surface area contributed by atoms with Crippen molar-refractivity contribution in [2.75, 3.05) is 11.9 Å². The SMILES string of the molecule is Cc1ccc(CNc2cc(C(=O)NCCc3cccc(Cl)c3)nc(C)n2)cc1. The third-order valence-corrected chi connectivity index (χ3v) is 4.49. The van der Waals surface area contributed by atoms with E-state index < -0.39 is 0 Å². The monoisotopic (exact) mass is 394 g/mol. The van der Waals surface area contributed by atoms with Crippen LogP contribution in [0.1, 0.15) is 33.0 Å². The van der Waals surface area contributed by atoms with E-state index in [1.165, 1.54) is 5.56 Å². The number of nitrogens with zero attached hydrogens (tertiary/aromatic N) is 2. The van der Waals surface area contributed by atoms with Crippen LogP contribution >= 0.6 is 11.6 Å². The van der Waals surface area contributed by atoms with E-state index in [9.17, 15) is 4.79 Å². The maximum absolute atomic E-state index is 12.5. The molecule has 1 heterocycles. The first-order valence-corrected chi connectivity index (χ1v) is 9.55. The van der Waals surface area contributed by atoms with Gasteiger partial charge < -0.3 is 10.6 Å². The molecule has 1 aromatic heterocycles. The van der Waals surface area contributed by atoms with Gasteiger partial charge in [-0.15, -0.1) is 0 Å². The number of aromatic nitrogens is 2. The molecule has 0 fully saturated rings. The van der Waals surface area contributed by atoms with E-state index in [0.717, 1.165) is 11.1 Å². The lowest BCUT2D eigenvalue weighted by atomic mass is 10.1. The smallest absolute Gasteiger partial charge is 0.270 e. The molecule has 0 spiro atoms. The van der Waals surface area contributed by atoms with E-state index in [1.54, 1.807) is 13.0 Å². The van der Waals surface area contributed by atoms with Crippen molar-refractivity contribution < 1.29 is 4.79 Å². The maximum atomic E-state index is 12.5. The van der Waals surface area contributed by atoms with Crippen LogP contribution in [0, 0.1) is 13.8 Å². The van der Waals surface area contributed by atoms with Gasteiger partial charge in [0.1, 0.15) is 17.3 Å². The molecule has 0 saturated carbocycles. The maximum Gasteiger partial charge on any atom is 0.270 e. The summed E-state index contributed by atoms with van der Waals surface area (Å²) in [6.07, 6.45) is 0.703. The fraction of sp³-hybridized carbons (Fsp3) is 0.227. The van der Waals surface area contributed by atoms with Gasteiger partial charge in [-0.2, -0.15) is 0 Å². The van der Waals surface area contributed by atoms with Crippen LogP contribution in [0.25, 0.3) is 0 Å². The predicted molar refractivity (Wildman–Crippen MR) is 113 cm³/mol. The number of carbonyl (C=O) groups excluding carboxylic acids is 1. The van der Waals surface area contributed by atoms with Crippen LogP contribution < -0.4 is 10.6 Å². The molecule has 6 heteroatoms. The normalized spacial score (nSPS) is 10.5. The molecule has 0 aliphatic carbocycles. The van der Waals surface area contributed by atoms with Gasteiger partial charge in [0, 0.05) is 24.2 Å². The molecule has 3 aromatic rings. The first kappa shape index (κ1) is 19.8. The second kappa shape index (κ2) is 9.33. The van der Waals surface area contributed by atoms with Crippen LogP contribution in [0.3, 0.4) is 0 Å². The lowest BCUT2D eigenvalue weighted by Gasteiger charge is -2.10. The number of hydrogen-bond acceptors (Lipinski definition) is 4. The zero-order valence-corrected chi connectivity index (χ0v) is 16.8. The number of rotatable bonds is 7. The second-order valence-corrected chi connectivity index (χ2v) is 7.10. The minimum absolute atomic E-state index is 0.217. The molecular weight excluding hydrogens is 372 g/mol. The Kier molecular flexibility index (Phi) is 6.61. The van der Waals surface area contributed by atoms with Crippen LogP contribution in [0.4, 0.5) is 5.82 Å². The average molecular weight is 395 g/mol. The third kappa shape index (κ3) is 5.79. The average Bonchev–Trinajstić information content (AvgIpc) is 2.67. The van der Waals surface area contributed by atoms with Crippen LogP contribution in [0.15, 0.2) is 54.6 Å². The number of halogens is 1. The van der Waals surface area contributed by atoms with E-state index in [4.69, 9.17) is 11.6 Å². The summed E-state index contributed by atoms with van der Waals surface area (Å²) in [6, 6.07) is 17.6. The Morgan fingerprint density at radius 1 is 1.00 bits per heavy atom. The minimum Gasteiger partial charge on any atom is -0.366 e. The Labute approximate surface area is 170 Å². The fourth-order valence-electron chi connectivity index (χ4n) is 2.78. The van der Waals surface area contributed by atoms with Crippen molar-refractivity contribution in [3.05, 3.63) is 87.8 Å². The summed E-state index contributed by atoms with van der Waals surface area (Å²) in [4.78, 5) is 21.1. The molecule has 5 nitrogen and oxygen atoms in total. The van der Waals surface area contributed by atoms with E-state index in [0.29, 0.717) is 41.9 Å². The molecule has 3 rings (SSSR count). The van der Waals surface area contributed by atoms with Crippen LogP contribution in [0.2, 0.25) is 5.02 Å². The summed E-state index contributed by atoms with van der Waals surface area (Å²) >= 11 is 5.99. The highest BCUT2D eigenvalue weighted by Gasteiger charge is 2.10. The van der Waals surface area contributed by atoms with Gasteiger partial charge in [0.25, 0.3) is 5.91 Å². The van der Waals surface area contributed by atoms with E-state index in [1.807, 2.05) is 24.3 Å². The van der Waals surface area contributed by atoms with Crippen molar-refractivity contribution in [2.24, 2.45) is 0 Å². The Hall–Kier alpha value is -2.92. The van der Waals surface area contributed by atoms with Gasteiger partial charge >= 0.3 is 0 Å². The molecule has 0 atom stereocenters. The topological polar surface area (TPSA) is 66.9 Å². The van der Waals surface area contributed by atoms with Gasteiger partial charge in [-0.3, -0.25) is 4.79 Å². The summed E-state index contributed by atoms with van der Waals surface area (Å²) in [7, 11) is 0. The number of carbonyl (C=O) groups is 1. The number of benzene rings is 2. The zero-order chi connectivity index (χ0) is 19.9. The highest BCUT2D eigenvalue weighted by atomic mass is 35.5. The first-order valence-electron chi connectivity index (χ1n) is 9.17. The highest BCUT2D eigenvalue weighted by Crippen LogP contribution is 2.12. The molecule has 1 amide bonds.